The average Bonchev–Trinajstić information content (AvgIpc) is 2.44. The molecule has 20 heavy (non-hydrogen) atoms. The van der Waals surface area contributed by atoms with Crippen molar-refractivity contribution in [3.63, 3.8) is 0 Å². The van der Waals surface area contributed by atoms with Crippen LogP contribution in [0.15, 0.2) is 18.2 Å². The van der Waals surface area contributed by atoms with Crippen molar-refractivity contribution >= 4 is 17.3 Å². The lowest BCUT2D eigenvalue weighted by molar-refractivity contribution is -0.384. The number of amides is 1. The molecule has 0 aliphatic rings. The number of nitrogens with one attached hydrogen (secondary N) is 2. The maximum absolute atomic E-state index is 11.7. The minimum absolute atomic E-state index is 0.0379. The third kappa shape index (κ3) is 3.92. The molecule has 0 saturated carbocycles. The molecule has 0 aromatic heterocycles. The number of nitrogens with two attached hydrogens (primary N) is 1. The van der Waals surface area contributed by atoms with E-state index in [1.54, 1.807) is 19.1 Å². The maximum Gasteiger partial charge on any atom is 0.293 e. The molecule has 0 saturated heterocycles. The van der Waals surface area contributed by atoms with Gasteiger partial charge in [0, 0.05) is 30.8 Å². The summed E-state index contributed by atoms with van der Waals surface area (Å²) in [6.45, 7) is 4.58. The largest absolute Gasteiger partial charge is 0.375 e. The molecule has 0 spiro atoms. The molecule has 0 aliphatic carbocycles. The number of hydrogen-bond acceptors (Lipinski definition) is 5. The Hall–Kier alpha value is -2.15. The lowest BCUT2D eigenvalue weighted by Crippen LogP contribution is -2.28. The van der Waals surface area contributed by atoms with Gasteiger partial charge in [0.15, 0.2) is 0 Å². The molecular formula is C13H20N4O3. The van der Waals surface area contributed by atoms with Crippen molar-refractivity contribution in [2.45, 2.75) is 26.3 Å². The number of rotatable bonds is 7. The lowest BCUT2D eigenvalue weighted by atomic mass is 10.1. The summed E-state index contributed by atoms with van der Waals surface area (Å²) in [7, 11) is 0. The smallest absolute Gasteiger partial charge is 0.293 e. The molecule has 4 N–H and O–H groups in total. The molecule has 1 rings (SSSR count). The van der Waals surface area contributed by atoms with Gasteiger partial charge in [-0.05, 0) is 25.5 Å². The first-order chi connectivity index (χ1) is 9.53. The van der Waals surface area contributed by atoms with Crippen molar-refractivity contribution in [3.05, 3.63) is 33.9 Å². The van der Waals surface area contributed by atoms with Crippen molar-refractivity contribution < 1.29 is 9.72 Å². The fraction of sp³-hybridized carbons (Fsp3) is 0.462. The Balaban J connectivity index is 3.07. The van der Waals surface area contributed by atoms with Crippen LogP contribution in [-0.4, -0.2) is 30.0 Å². The monoisotopic (exact) mass is 280 g/mol. The van der Waals surface area contributed by atoms with Crippen LogP contribution in [0.1, 0.15) is 30.6 Å². The highest BCUT2D eigenvalue weighted by molar-refractivity contribution is 5.95. The van der Waals surface area contributed by atoms with E-state index < -0.39 is 4.92 Å². The van der Waals surface area contributed by atoms with Crippen molar-refractivity contribution in [3.8, 4) is 0 Å². The van der Waals surface area contributed by atoms with Gasteiger partial charge in [0.1, 0.15) is 5.69 Å². The van der Waals surface area contributed by atoms with Crippen LogP contribution in [-0.2, 0) is 0 Å². The minimum Gasteiger partial charge on any atom is -0.375 e. The highest BCUT2D eigenvalue weighted by Gasteiger charge is 2.18. The van der Waals surface area contributed by atoms with Gasteiger partial charge in [-0.15, -0.1) is 0 Å². The Morgan fingerprint density at radius 2 is 2.15 bits per heavy atom. The first-order valence-corrected chi connectivity index (χ1v) is 6.56. The number of nitro groups is 1. The summed E-state index contributed by atoms with van der Waals surface area (Å²) in [6.07, 6.45) is 0.756. The Morgan fingerprint density at radius 3 is 2.65 bits per heavy atom. The van der Waals surface area contributed by atoms with E-state index in [0.29, 0.717) is 18.8 Å². The van der Waals surface area contributed by atoms with Crippen molar-refractivity contribution in [2.75, 3.05) is 18.4 Å². The normalized spacial score (nSPS) is 11.8. The molecule has 7 heteroatoms. The molecule has 7 nitrogen and oxygen atoms in total. The zero-order chi connectivity index (χ0) is 15.1. The van der Waals surface area contributed by atoms with Gasteiger partial charge >= 0.3 is 0 Å². The van der Waals surface area contributed by atoms with E-state index in [1.165, 1.54) is 6.07 Å². The molecule has 1 atom stereocenters. The van der Waals surface area contributed by atoms with Gasteiger partial charge in [-0.3, -0.25) is 14.9 Å². The van der Waals surface area contributed by atoms with Gasteiger partial charge in [-0.1, -0.05) is 6.92 Å². The van der Waals surface area contributed by atoms with Gasteiger partial charge < -0.3 is 16.4 Å². The van der Waals surface area contributed by atoms with E-state index >= 15 is 0 Å². The third-order valence-electron chi connectivity index (χ3n) is 2.93. The zero-order valence-electron chi connectivity index (χ0n) is 11.7. The summed E-state index contributed by atoms with van der Waals surface area (Å²) in [6, 6.07) is 4.34. The number of nitro benzene ring substituents is 1. The summed E-state index contributed by atoms with van der Waals surface area (Å²) in [5.41, 5.74) is 6.10. The lowest BCUT2D eigenvalue weighted by Gasteiger charge is -2.16. The minimum atomic E-state index is -0.506. The molecule has 110 valence electrons. The Labute approximate surface area is 117 Å². The molecule has 1 amide bonds. The van der Waals surface area contributed by atoms with Gasteiger partial charge in [0.25, 0.3) is 11.6 Å². The van der Waals surface area contributed by atoms with E-state index in [4.69, 9.17) is 5.73 Å². The number of nitrogens with zero attached hydrogens (tertiary/aromatic N) is 1. The number of benzene rings is 1. The van der Waals surface area contributed by atoms with Crippen LogP contribution >= 0.6 is 0 Å². The van der Waals surface area contributed by atoms with Crippen LogP contribution in [0.25, 0.3) is 0 Å². The second kappa shape index (κ2) is 7.44. The molecule has 0 aliphatic heterocycles. The maximum atomic E-state index is 11.7. The van der Waals surface area contributed by atoms with Gasteiger partial charge in [0.2, 0.25) is 0 Å². The second-order valence-corrected chi connectivity index (χ2v) is 4.33. The topological polar surface area (TPSA) is 110 Å². The van der Waals surface area contributed by atoms with Crippen LogP contribution in [0.3, 0.4) is 0 Å². The summed E-state index contributed by atoms with van der Waals surface area (Å²) >= 11 is 0. The van der Waals surface area contributed by atoms with E-state index in [0.717, 1.165) is 6.42 Å². The number of hydrogen-bond donors (Lipinski definition) is 3. The molecule has 1 aromatic carbocycles. The van der Waals surface area contributed by atoms with Gasteiger partial charge in [-0.25, -0.2) is 0 Å². The van der Waals surface area contributed by atoms with Crippen molar-refractivity contribution in [2.24, 2.45) is 5.73 Å². The summed E-state index contributed by atoms with van der Waals surface area (Å²) in [4.78, 5) is 22.3. The number of carbonyl (C=O) groups excluding carboxylic acids is 1. The number of anilines is 1. The summed E-state index contributed by atoms with van der Waals surface area (Å²) in [5, 5.41) is 16.8. The Bertz CT molecular complexity index is 487. The molecule has 0 heterocycles. The molecule has 1 unspecified atom stereocenters. The van der Waals surface area contributed by atoms with Crippen LogP contribution in [0.2, 0.25) is 0 Å². The summed E-state index contributed by atoms with van der Waals surface area (Å²) in [5.74, 6) is -0.326. The molecule has 0 fully saturated rings. The predicted molar refractivity (Wildman–Crippen MR) is 77.9 cm³/mol. The SMILES string of the molecule is CCNC(=O)c1ccc(NC(CC)CN)c([N+](=O)[O-])c1. The van der Waals surface area contributed by atoms with E-state index in [1.807, 2.05) is 6.92 Å². The average molecular weight is 280 g/mol. The van der Waals surface area contributed by atoms with Crippen molar-refractivity contribution in [1.29, 1.82) is 0 Å². The molecular weight excluding hydrogens is 260 g/mol. The van der Waals surface area contributed by atoms with Crippen LogP contribution in [0.4, 0.5) is 11.4 Å². The summed E-state index contributed by atoms with van der Waals surface area (Å²) < 4.78 is 0. The third-order valence-corrected chi connectivity index (χ3v) is 2.93. The quantitative estimate of drug-likeness (QED) is 0.517. The molecule has 0 bridgehead atoms. The second-order valence-electron chi connectivity index (χ2n) is 4.33. The Morgan fingerprint density at radius 1 is 1.45 bits per heavy atom. The van der Waals surface area contributed by atoms with E-state index in [-0.39, 0.29) is 23.2 Å². The highest BCUT2D eigenvalue weighted by atomic mass is 16.6. The van der Waals surface area contributed by atoms with E-state index in [9.17, 15) is 14.9 Å². The zero-order valence-corrected chi connectivity index (χ0v) is 11.7. The standard InChI is InChI=1S/C13H20N4O3/c1-3-10(8-14)16-11-6-5-9(13(18)15-4-2)7-12(11)17(19)20/h5-7,10,16H,3-4,8,14H2,1-2H3,(H,15,18). The van der Waals surface area contributed by atoms with Crippen LogP contribution in [0, 0.1) is 10.1 Å². The first kappa shape index (κ1) is 15.9. The fourth-order valence-corrected chi connectivity index (χ4v) is 1.76. The first-order valence-electron chi connectivity index (χ1n) is 6.56. The van der Waals surface area contributed by atoms with Gasteiger partial charge in [0.05, 0.1) is 4.92 Å². The van der Waals surface area contributed by atoms with E-state index in [2.05, 4.69) is 10.6 Å². The predicted octanol–water partition coefficient (Wildman–Crippen LogP) is 1.49. The number of carbonyl (C=O) groups is 1. The Kier molecular flexibility index (Phi) is 5.92. The van der Waals surface area contributed by atoms with Crippen LogP contribution < -0.4 is 16.4 Å². The highest BCUT2D eigenvalue weighted by Crippen LogP contribution is 2.26. The molecule has 0 radical (unpaired) electrons. The van der Waals surface area contributed by atoms with Gasteiger partial charge in [-0.2, -0.15) is 0 Å². The molecule has 1 aromatic rings. The van der Waals surface area contributed by atoms with Crippen LogP contribution in [0.5, 0.6) is 0 Å². The fourth-order valence-electron chi connectivity index (χ4n) is 1.76. The van der Waals surface area contributed by atoms with Crippen molar-refractivity contribution in [1.82, 2.24) is 5.32 Å².